The fourth-order valence-electron chi connectivity index (χ4n) is 2.66. The number of phenolic OH excluding ortho intramolecular Hbond substituents is 1. The van der Waals surface area contributed by atoms with Crippen molar-refractivity contribution in [3.05, 3.63) is 53.6 Å². The largest absolute Gasteiger partial charge is 0.506 e. The maximum absolute atomic E-state index is 11.3. The average Bonchev–Trinajstić information content (AvgIpc) is 2.62. The number of methoxy groups -OCH3 is 1. The van der Waals surface area contributed by atoms with Crippen LogP contribution in [-0.2, 0) is 16.4 Å². The fraction of sp³-hybridized carbons (Fsp3) is 0.368. The van der Waals surface area contributed by atoms with Gasteiger partial charge >= 0.3 is 0 Å². The van der Waals surface area contributed by atoms with Crippen molar-refractivity contribution in [3.63, 3.8) is 0 Å². The summed E-state index contributed by atoms with van der Waals surface area (Å²) in [5, 5.41) is 23.7. The van der Waals surface area contributed by atoms with E-state index in [2.05, 4.69) is 10.0 Å². The van der Waals surface area contributed by atoms with Crippen molar-refractivity contribution in [2.75, 3.05) is 24.6 Å². The van der Waals surface area contributed by atoms with Crippen LogP contribution in [0.4, 0.5) is 5.69 Å². The van der Waals surface area contributed by atoms with Gasteiger partial charge in [0, 0.05) is 6.04 Å². The number of aliphatic hydroxyl groups is 1. The molecule has 0 amide bonds. The highest BCUT2D eigenvalue weighted by Gasteiger charge is 2.18. The number of hydrogen-bond donors (Lipinski definition) is 4. The van der Waals surface area contributed by atoms with Crippen molar-refractivity contribution in [2.24, 2.45) is 0 Å². The summed E-state index contributed by atoms with van der Waals surface area (Å²) in [5.41, 5.74) is 1.73. The van der Waals surface area contributed by atoms with Crippen molar-refractivity contribution < 1.29 is 23.4 Å². The number of ether oxygens (including phenoxy) is 1. The third-order valence-electron chi connectivity index (χ3n) is 4.17. The van der Waals surface area contributed by atoms with E-state index < -0.39 is 16.1 Å². The molecule has 148 valence electrons. The van der Waals surface area contributed by atoms with Crippen molar-refractivity contribution in [1.82, 2.24) is 5.32 Å². The number of phenols is 1. The lowest BCUT2D eigenvalue weighted by Crippen LogP contribution is -2.33. The minimum absolute atomic E-state index is 0.0774. The molecule has 0 heterocycles. The summed E-state index contributed by atoms with van der Waals surface area (Å²) in [6.07, 6.45) is 0.951. The molecule has 2 rings (SSSR count). The zero-order valence-corrected chi connectivity index (χ0v) is 16.5. The van der Waals surface area contributed by atoms with E-state index in [0.717, 1.165) is 24.0 Å². The molecule has 0 radical (unpaired) electrons. The van der Waals surface area contributed by atoms with Gasteiger partial charge in [-0.05, 0) is 55.3 Å². The first-order chi connectivity index (χ1) is 12.7. The lowest BCUT2D eigenvalue weighted by atomic mass is 10.0. The highest BCUT2D eigenvalue weighted by atomic mass is 32.2. The highest BCUT2D eigenvalue weighted by Crippen LogP contribution is 2.29. The topological polar surface area (TPSA) is 108 Å². The lowest BCUT2D eigenvalue weighted by Gasteiger charge is -2.21. The fourth-order valence-corrected chi connectivity index (χ4v) is 3.23. The summed E-state index contributed by atoms with van der Waals surface area (Å²) >= 11 is 0. The number of aromatic hydroxyl groups is 1. The zero-order chi connectivity index (χ0) is 20.0. The summed E-state index contributed by atoms with van der Waals surface area (Å²) < 4.78 is 29.9. The Labute approximate surface area is 160 Å². The third kappa shape index (κ3) is 6.42. The van der Waals surface area contributed by atoms with Crippen molar-refractivity contribution in [2.45, 2.75) is 25.5 Å². The molecule has 0 saturated carbocycles. The van der Waals surface area contributed by atoms with Gasteiger partial charge in [-0.1, -0.05) is 18.2 Å². The van der Waals surface area contributed by atoms with Crippen LogP contribution in [0, 0.1) is 0 Å². The maximum Gasteiger partial charge on any atom is 0.229 e. The molecule has 0 spiro atoms. The molecule has 2 aromatic carbocycles. The Bertz CT molecular complexity index is 853. The molecule has 0 aliphatic rings. The van der Waals surface area contributed by atoms with E-state index in [9.17, 15) is 18.6 Å². The number of sulfonamides is 1. The molecule has 7 nitrogen and oxygen atoms in total. The minimum Gasteiger partial charge on any atom is -0.506 e. The van der Waals surface area contributed by atoms with Crippen LogP contribution in [0.15, 0.2) is 42.5 Å². The van der Waals surface area contributed by atoms with E-state index in [-0.39, 0.29) is 17.5 Å². The summed E-state index contributed by atoms with van der Waals surface area (Å²) in [6.45, 7) is 2.52. The zero-order valence-electron chi connectivity index (χ0n) is 15.6. The van der Waals surface area contributed by atoms with Crippen LogP contribution >= 0.6 is 0 Å². The van der Waals surface area contributed by atoms with Gasteiger partial charge in [-0.2, -0.15) is 0 Å². The Morgan fingerprint density at radius 3 is 2.37 bits per heavy atom. The van der Waals surface area contributed by atoms with E-state index in [1.165, 1.54) is 12.1 Å². The van der Waals surface area contributed by atoms with Crippen molar-refractivity contribution in [3.8, 4) is 11.5 Å². The molecule has 0 aromatic heterocycles. The first-order valence-electron chi connectivity index (χ1n) is 8.54. The molecule has 0 aliphatic carbocycles. The Morgan fingerprint density at radius 2 is 1.81 bits per heavy atom. The molecule has 27 heavy (non-hydrogen) atoms. The second-order valence-corrected chi connectivity index (χ2v) is 8.18. The van der Waals surface area contributed by atoms with Crippen LogP contribution in [0.2, 0.25) is 0 Å². The van der Waals surface area contributed by atoms with Gasteiger partial charge in [0.2, 0.25) is 10.0 Å². The molecule has 2 atom stereocenters. The molecule has 4 N–H and O–H groups in total. The standard InChI is InChI=1S/C19H26N2O5S/c1-13(20-11-10-14-4-7-16(26-2)8-5-14)19(23)15-6-9-17(18(22)12-15)21-27(3,24)25/h4-9,12-13,19-23H,10-11H2,1-3H3. The molecular weight excluding hydrogens is 368 g/mol. The molecule has 0 saturated heterocycles. The lowest BCUT2D eigenvalue weighted by molar-refractivity contribution is 0.136. The van der Waals surface area contributed by atoms with Crippen LogP contribution in [0.3, 0.4) is 0 Å². The molecule has 8 heteroatoms. The van der Waals surface area contributed by atoms with E-state index in [1.54, 1.807) is 13.2 Å². The maximum atomic E-state index is 11.3. The second-order valence-electron chi connectivity index (χ2n) is 6.44. The smallest absolute Gasteiger partial charge is 0.229 e. The second kappa shape index (κ2) is 9.07. The van der Waals surface area contributed by atoms with Crippen molar-refractivity contribution in [1.29, 1.82) is 0 Å². The van der Waals surface area contributed by atoms with Gasteiger partial charge < -0.3 is 20.3 Å². The van der Waals surface area contributed by atoms with Crippen molar-refractivity contribution >= 4 is 15.7 Å². The van der Waals surface area contributed by atoms with Gasteiger partial charge in [0.15, 0.2) is 0 Å². The Kier molecular flexibility index (Phi) is 7.06. The number of nitrogens with one attached hydrogen (secondary N) is 2. The molecule has 2 unspecified atom stereocenters. The van der Waals surface area contributed by atoms with Gasteiger partial charge in [-0.25, -0.2) is 8.42 Å². The third-order valence-corrected chi connectivity index (χ3v) is 4.76. The van der Waals surface area contributed by atoms with Crippen LogP contribution < -0.4 is 14.8 Å². The Morgan fingerprint density at radius 1 is 1.15 bits per heavy atom. The average molecular weight is 394 g/mol. The van der Waals surface area contributed by atoms with Crippen LogP contribution in [0.5, 0.6) is 11.5 Å². The van der Waals surface area contributed by atoms with Gasteiger partial charge in [0.05, 0.1) is 25.2 Å². The molecule has 0 bridgehead atoms. The molecule has 0 aliphatic heterocycles. The van der Waals surface area contributed by atoms with E-state index in [0.29, 0.717) is 12.1 Å². The first-order valence-corrected chi connectivity index (χ1v) is 10.4. The molecule has 2 aromatic rings. The van der Waals surface area contributed by atoms with Gasteiger partial charge in [-0.15, -0.1) is 0 Å². The van der Waals surface area contributed by atoms with Gasteiger partial charge in [0.1, 0.15) is 11.5 Å². The minimum atomic E-state index is -3.48. The van der Waals surface area contributed by atoms with E-state index in [4.69, 9.17) is 4.74 Å². The number of hydrogen-bond acceptors (Lipinski definition) is 6. The van der Waals surface area contributed by atoms with Crippen LogP contribution in [-0.4, -0.2) is 44.6 Å². The quantitative estimate of drug-likeness (QED) is 0.485. The molecular formula is C19H26N2O5S. The Balaban J connectivity index is 1.91. The number of aliphatic hydroxyl groups excluding tert-OH is 1. The number of benzene rings is 2. The summed E-state index contributed by atoms with van der Waals surface area (Å²) in [6, 6.07) is 11.9. The van der Waals surface area contributed by atoms with E-state index >= 15 is 0 Å². The normalized spacial score (nSPS) is 13.8. The Hall–Kier alpha value is -2.29. The summed E-state index contributed by atoms with van der Waals surface area (Å²) in [7, 11) is -1.86. The van der Waals surface area contributed by atoms with Gasteiger partial charge in [-0.3, -0.25) is 4.72 Å². The van der Waals surface area contributed by atoms with Crippen LogP contribution in [0.25, 0.3) is 0 Å². The number of rotatable bonds is 9. The van der Waals surface area contributed by atoms with E-state index in [1.807, 2.05) is 31.2 Å². The van der Waals surface area contributed by atoms with Gasteiger partial charge in [0.25, 0.3) is 0 Å². The molecule has 0 fully saturated rings. The van der Waals surface area contributed by atoms with Crippen LogP contribution in [0.1, 0.15) is 24.2 Å². The number of anilines is 1. The predicted molar refractivity (Wildman–Crippen MR) is 106 cm³/mol. The highest BCUT2D eigenvalue weighted by molar-refractivity contribution is 7.92. The summed E-state index contributed by atoms with van der Waals surface area (Å²) in [5.74, 6) is 0.575. The SMILES string of the molecule is COc1ccc(CCNC(C)C(O)c2ccc(NS(C)(=O)=O)c(O)c2)cc1. The first kappa shape index (κ1) is 21.0. The monoisotopic (exact) mass is 394 g/mol. The summed E-state index contributed by atoms with van der Waals surface area (Å²) in [4.78, 5) is 0. The predicted octanol–water partition coefficient (Wildman–Crippen LogP) is 2.03.